The van der Waals surface area contributed by atoms with Crippen LogP contribution in [-0.2, 0) is 20.0 Å². The first kappa shape index (κ1) is 11.7. The van der Waals surface area contributed by atoms with Crippen molar-refractivity contribution in [1.29, 1.82) is 0 Å². The van der Waals surface area contributed by atoms with Gasteiger partial charge < -0.3 is 4.57 Å². The Balaban J connectivity index is 2.15. The summed E-state index contributed by atoms with van der Waals surface area (Å²) >= 11 is 0. The predicted octanol–water partition coefficient (Wildman–Crippen LogP) is 3.08. The number of hydrogen-bond donors (Lipinski definition) is 0. The highest BCUT2D eigenvalue weighted by atomic mass is 19.1. The third-order valence-electron chi connectivity index (χ3n) is 4.13. The summed E-state index contributed by atoms with van der Waals surface area (Å²) in [4.78, 5) is 2.47. The number of aryl methyl sites for hydroxylation is 1. The minimum Gasteiger partial charge on any atom is -0.346 e. The van der Waals surface area contributed by atoms with Crippen LogP contribution in [0.3, 0.4) is 0 Å². The Morgan fingerprint density at radius 2 is 2.06 bits per heavy atom. The lowest BCUT2D eigenvalue weighted by Gasteiger charge is -2.31. The van der Waals surface area contributed by atoms with Gasteiger partial charge in [-0.05, 0) is 44.0 Å². The van der Waals surface area contributed by atoms with E-state index in [1.807, 2.05) is 13.1 Å². The molecule has 0 spiro atoms. The maximum Gasteiger partial charge on any atom is 0.125 e. The number of fused-ring (bicyclic) bond motifs is 3. The molecule has 0 saturated carbocycles. The van der Waals surface area contributed by atoms with Gasteiger partial charge in [0.05, 0.1) is 5.52 Å². The SMILES string of the molecule is CC(C)N1CCc2c(n(C)c3cc(F)ccc23)C1. The van der Waals surface area contributed by atoms with Crippen molar-refractivity contribution in [3.05, 3.63) is 35.3 Å². The molecule has 0 amide bonds. The number of nitrogens with zero attached hydrogens (tertiary/aromatic N) is 2. The van der Waals surface area contributed by atoms with E-state index in [-0.39, 0.29) is 5.82 Å². The predicted molar refractivity (Wildman–Crippen MR) is 72.1 cm³/mol. The van der Waals surface area contributed by atoms with Gasteiger partial charge in [-0.1, -0.05) is 0 Å². The molecule has 2 heterocycles. The molecule has 1 aromatic heterocycles. The van der Waals surface area contributed by atoms with Crippen molar-refractivity contribution in [2.75, 3.05) is 6.54 Å². The largest absolute Gasteiger partial charge is 0.346 e. The first-order valence-corrected chi connectivity index (χ1v) is 6.57. The van der Waals surface area contributed by atoms with Crippen molar-refractivity contribution in [1.82, 2.24) is 9.47 Å². The minimum atomic E-state index is -0.152. The molecule has 1 aliphatic rings. The van der Waals surface area contributed by atoms with E-state index in [1.54, 1.807) is 12.1 Å². The van der Waals surface area contributed by atoms with Crippen LogP contribution in [0.1, 0.15) is 25.1 Å². The summed E-state index contributed by atoms with van der Waals surface area (Å²) in [6.07, 6.45) is 1.07. The van der Waals surface area contributed by atoms with E-state index >= 15 is 0 Å². The topological polar surface area (TPSA) is 8.17 Å². The summed E-state index contributed by atoms with van der Waals surface area (Å²) in [7, 11) is 2.05. The van der Waals surface area contributed by atoms with Crippen LogP contribution in [-0.4, -0.2) is 22.1 Å². The van der Waals surface area contributed by atoms with Crippen LogP contribution < -0.4 is 0 Å². The Bertz CT molecular complexity index is 598. The Labute approximate surface area is 107 Å². The number of rotatable bonds is 1. The molecule has 2 nitrogen and oxygen atoms in total. The summed E-state index contributed by atoms with van der Waals surface area (Å²) in [5, 5.41) is 1.22. The molecule has 1 aromatic carbocycles. The third-order valence-corrected chi connectivity index (χ3v) is 4.13. The van der Waals surface area contributed by atoms with E-state index in [4.69, 9.17) is 0 Å². The maximum absolute atomic E-state index is 13.4. The van der Waals surface area contributed by atoms with Crippen LogP contribution in [0.5, 0.6) is 0 Å². The van der Waals surface area contributed by atoms with Crippen molar-refractivity contribution in [2.45, 2.75) is 32.9 Å². The second kappa shape index (κ2) is 4.09. The van der Waals surface area contributed by atoms with Gasteiger partial charge in [0.1, 0.15) is 5.82 Å². The van der Waals surface area contributed by atoms with Gasteiger partial charge in [0, 0.05) is 37.3 Å². The number of benzene rings is 1. The molecule has 2 aromatic rings. The molecule has 0 radical (unpaired) electrons. The smallest absolute Gasteiger partial charge is 0.125 e. The highest BCUT2D eigenvalue weighted by Crippen LogP contribution is 2.30. The van der Waals surface area contributed by atoms with Gasteiger partial charge in [-0.3, -0.25) is 4.90 Å². The summed E-state index contributed by atoms with van der Waals surface area (Å²) in [5.74, 6) is -0.152. The van der Waals surface area contributed by atoms with Gasteiger partial charge in [0.25, 0.3) is 0 Å². The normalized spacial score (nSPS) is 16.5. The fourth-order valence-electron chi connectivity index (χ4n) is 2.99. The summed E-state index contributed by atoms with van der Waals surface area (Å²) in [6.45, 7) is 6.53. The van der Waals surface area contributed by atoms with Gasteiger partial charge in [-0.15, -0.1) is 0 Å². The van der Waals surface area contributed by atoms with Gasteiger partial charge in [0.2, 0.25) is 0 Å². The second-order valence-corrected chi connectivity index (χ2v) is 5.46. The summed E-state index contributed by atoms with van der Waals surface area (Å²) < 4.78 is 15.5. The molecule has 3 heteroatoms. The van der Waals surface area contributed by atoms with E-state index in [0.29, 0.717) is 6.04 Å². The molecule has 96 valence electrons. The molecule has 0 saturated heterocycles. The van der Waals surface area contributed by atoms with Crippen LogP contribution in [0.4, 0.5) is 4.39 Å². The Hall–Kier alpha value is -1.35. The molecule has 0 atom stereocenters. The minimum absolute atomic E-state index is 0.152. The zero-order chi connectivity index (χ0) is 12.9. The van der Waals surface area contributed by atoms with E-state index in [9.17, 15) is 4.39 Å². The van der Waals surface area contributed by atoms with Crippen LogP contribution in [0.2, 0.25) is 0 Å². The van der Waals surface area contributed by atoms with E-state index in [0.717, 1.165) is 25.0 Å². The Morgan fingerprint density at radius 1 is 1.28 bits per heavy atom. The lowest BCUT2D eigenvalue weighted by molar-refractivity contribution is 0.199. The molecule has 18 heavy (non-hydrogen) atoms. The molecule has 0 N–H and O–H groups in total. The first-order valence-electron chi connectivity index (χ1n) is 6.57. The molecule has 1 aliphatic heterocycles. The van der Waals surface area contributed by atoms with Crippen LogP contribution in [0, 0.1) is 5.82 Å². The number of aromatic nitrogens is 1. The van der Waals surface area contributed by atoms with Crippen LogP contribution in [0.25, 0.3) is 10.9 Å². The van der Waals surface area contributed by atoms with Crippen molar-refractivity contribution in [3.8, 4) is 0 Å². The summed E-state index contributed by atoms with van der Waals surface area (Å²) in [5.41, 5.74) is 3.77. The quantitative estimate of drug-likeness (QED) is 0.750. The van der Waals surface area contributed by atoms with Gasteiger partial charge in [-0.2, -0.15) is 0 Å². The highest BCUT2D eigenvalue weighted by molar-refractivity contribution is 5.85. The van der Waals surface area contributed by atoms with Crippen LogP contribution in [0.15, 0.2) is 18.2 Å². The average molecular weight is 246 g/mol. The molecule has 0 aliphatic carbocycles. The van der Waals surface area contributed by atoms with Gasteiger partial charge >= 0.3 is 0 Å². The van der Waals surface area contributed by atoms with E-state index in [2.05, 4.69) is 23.3 Å². The second-order valence-electron chi connectivity index (χ2n) is 5.46. The molecule has 0 bridgehead atoms. The lowest BCUT2D eigenvalue weighted by atomic mass is 10.0. The molecule has 0 fully saturated rings. The zero-order valence-electron chi connectivity index (χ0n) is 11.2. The third kappa shape index (κ3) is 1.65. The van der Waals surface area contributed by atoms with Crippen molar-refractivity contribution in [2.24, 2.45) is 7.05 Å². The fraction of sp³-hybridized carbons (Fsp3) is 0.467. The van der Waals surface area contributed by atoms with Crippen molar-refractivity contribution < 1.29 is 4.39 Å². The lowest BCUT2D eigenvalue weighted by Crippen LogP contribution is -2.36. The highest BCUT2D eigenvalue weighted by Gasteiger charge is 2.23. The van der Waals surface area contributed by atoms with E-state index in [1.165, 1.54) is 16.6 Å². The first-order chi connectivity index (χ1) is 8.58. The van der Waals surface area contributed by atoms with Gasteiger partial charge in [-0.25, -0.2) is 4.39 Å². The molecule has 3 rings (SSSR count). The molecular weight excluding hydrogens is 227 g/mol. The van der Waals surface area contributed by atoms with E-state index < -0.39 is 0 Å². The maximum atomic E-state index is 13.4. The monoisotopic (exact) mass is 246 g/mol. The average Bonchev–Trinajstić information content (AvgIpc) is 2.62. The molecule has 0 unspecified atom stereocenters. The number of halogens is 1. The van der Waals surface area contributed by atoms with Crippen molar-refractivity contribution >= 4 is 10.9 Å². The van der Waals surface area contributed by atoms with Gasteiger partial charge in [0.15, 0.2) is 0 Å². The number of hydrogen-bond acceptors (Lipinski definition) is 1. The standard InChI is InChI=1S/C15H19FN2/c1-10(2)18-7-6-13-12-5-4-11(16)8-14(12)17(3)15(13)9-18/h4-5,8,10H,6-7,9H2,1-3H3. The summed E-state index contributed by atoms with van der Waals surface area (Å²) in [6, 6.07) is 5.70. The molecular formula is C15H19FN2. The Kier molecular flexibility index (Phi) is 2.67. The van der Waals surface area contributed by atoms with Crippen molar-refractivity contribution in [3.63, 3.8) is 0 Å². The fourth-order valence-corrected chi connectivity index (χ4v) is 2.99. The van der Waals surface area contributed by atoms with Crippen LogP contribution >= 0.6 is 0 Å². The Morgan fingerprint density at radius 3 is 2.78 bits per heavy atom. The zero-order valence-corrected chi connectivity index (χ0v) is 11.2.